The first kappa shape index (κ1) is 13.7. The van der Waals surface area contributed by atoms with E-state index in [-0.39, 0.29) is 6.04 Å². The summed E-state index contributed by atoms with van der Waals surface area (Å²) in [5.41, 5.74) is 8.33. The summed E-state index contributed by atoms with van der Waals surface area (Å²) in [4.78, 5) is 0. The second-order valence-electron chi connectivity index (χ2n) is 5.60. The van der Waals surface area contributed by atoms with Gasteiger partial charge in [0.25, 0.3) is 0 Å². The quantitative estimate of drug-likeness (QED) is 0.798. The second kappa shape index (κ2) is 5.28. The number of aliphatic hydroxyl groups is 1. The van der Waals surface area contributed by atoms with E-state index in [1.54, 1.807) is 0 Å². The van der Waals surface area contributed by atoms with Gasteiger partial charge in [-0.05, 0) is 49.0 Å². The molecule has 0 spiro atoms. The molecule has 5 heteroatoms. The molecule has 1 unspecified atom stereocenters. The third kappa shape index (κ3) is 2.77. The maximum Gasteiger partial charge on any atom is 0.148 e. The van der Waals surface area contributed by atoms with Gasteiger partial charge in [-0.25, -0.2) is 0 Å². The molecule has 0 saturated heterocycles. The van der Waals surface area contributed by atoms with E-state index in [1.807, 2.05) is 25.1 Å². The zero-order valence-electron chi connectivity index (χ0n) is 11.4. The van der Waals surface area contributed by atoms with Crippen LogP contribution in [-0.4, -0.2) is 24.0 Å². The summed E-state index contributed by atoms with van der Waals surface area (Å²) in [6.45, 7) is 2.55. The Hall–Kier alpha value is -1.23. The molecule has 20 heavy (non-hydrogen) atoms. The number of aliphatic hydroxyl groups excluding tert-OH is 1. The van der Waals surface area contributed by atoms with Gasteiger partial charge in [0.2, 0.25) is 0 Å². The Balaban J connectivity index is 1.87. The molecule has 2 aliphatic rings. The summed E-state index contributed by atoms with van der Waals surface area (Å²) in [6, 6.07) is 3.48. The van der Waals surface area contributed by atoms with Gasteiger partial charge < -0.3 is 20.9 Å². The Kier molecular flexibility index (Phi) is 3.63. The summed E-state index contributed by atoms with van der Waals surface area (Å²) >= 11 is 6.25. The summed E-state index contributed by atoms with van der Waals surface area (Å²) < 4.78 is 5.74. The lowest BCUT2D eigenvalue weighted by Gasteiger charge is -2.27. The lowest BCUT2D eigenvalue weighted by molar-refractivity contribution is 0.233. The second-order valence-corrected chi connectivity index (χ2v) is 6.01. The van der Waals surface area contributed by atoms with E-state index in [0.717, 1.165) is 16.8 Å². The largest absolute Gasteiger partial charge is 0.492 e. The Morgan fingerprint density at radius 2 is 2.25 bits per heavy atom. The SMILES string of the molecule is C[C@H](N)C1=Cc2cc(Cl)c(OCC3CC3)cc2NC1O. The highest BCUT2D eigenvalue weighted by molar-refractivity contribution is 6.32. The molecule has 1 fully saturated rings. The average molecular weight is 295 g/mol. The molecule has 0 amide bonds. The van der Waals surface area contributed by atoms with E-state index in [1.165, 1.54) is 12.8 Å². The minimum absolute atomic E-state index is 0.213. The van der Waals surface area contributed by atoms with E-state index >= 15 is 0 Å². The molecule has 0 bridgehead atoms. The fraction of sp³-hybridized carbons (Fsp3) is 0.467. The van der Waals surface area contributed by atoms with Gasteiger partial charge in [-0.3, -0.25) is 0 Å². The monoisotopic (exact) mass is 294 g/mol. The van der Waals surface area contributed by atoms with Crippen LogP contribution in [0.25, 0.3) is 6.08 Å². The number of anilines is 1. The first-order chi connectivity index (χ1) is 9.54. The lowest BCUT2D eigenvalue weighted by Crippen LogP contribution is -2.34. The van der Waals surface area contributed by atoms with Crippen molar-refractivity contribution in [2.75, 3.05) is 11.9 Å². The van der Waals surface area contributed by atoms with Crippen LogP contribution in [0.2, 0.25) is 5.02 Å². The van der Waals surface area contributed by atoms with Crippen molar-refractivity contribution in [3.05, 3.63) is 28.3 Å². The number of nitrogens with one attached hydrogen (secondary N) is 1. The maximum absolute atomic E-state index is 10.0. The first-order valence-electron chi connectivity index (χ1n) is 6.92. The van der Waals surface area contributed by atoms with Crippen LogP contribution in [0.3, 0.4) is 0 Å². The number of rotatable bonds is 4. The Morgan fingerprint density at radius 3 is 2.90 bits per heavy atom. The molecule has 1 saturated carbocycles. The van der Waals surface area contributed by atoms with Crippen LogP contribution in [0.4, 0.5) is 5.69 Å². The molecule has 0 radical (unpaired) electrons. The fourth-order valence-electron chi connectivity index (χ4n) is 2.29. The van der Waals surface area contributed by atoms with Crippen molar-refractivity contribution >= 4 is 23.4 Å². The molecule has 3 rings (SSSR count). The highest BCUT2D eigenvalue weighted by Crippen LogP contribution is 2.37. The van der Waals surface area contributed by atoms with E-state index in [0.29, 0.717) is 23.3 Å². The Bertz CT molecular complexity index is 553. The van der Waals surface area contributed by atoms with Crippen LogP contribution in [-0.2, 0) is 0 Å². The average Bonchev–Trinajstić information content (AvgIpc) is 3.20. The highest BCUT2D eigenvalue weighted by Gasteiger charge is 2.24. The molecule has 4 nitrogen and oxygen atoms in total. The molecular weight excluding hydrogens is 276 g/mol. The molecule has 1 aromatic rings. The highest BCUT2D eigenvalue weighted by atomic mass is 35.5. The van der Waals surface area contributed by atoms with Gasteiger partial charge in [0.1, 0.15) is 12.0 Å². The minimum atomic E-state index is -0.764. The number of halogens is 1. The van der Waals surface area contributed by atoms with Crippen molar-refractivity contribution in [3.8, 4) is 5.75 Å². The van der Waals surface area contributed by atoms with Crippen molar-refractivity contribution in [1.29, 1.82) is 0 Å². The number of benzene rings is 1. The molecule has 1 aliphatic heterocycles. The van der Waals surface area contributed by atoms with Gasteiger partial charge in [-0.15, -0.1) is 0 Å². The van der Waals surface area contributed by atoms with Crippen molar-refractivity contribution in [1.82, 2.24) is 0 Å². The van der Waals surface area contributed by atoms with E-state index in [9.17, 15) is 5.11 Å². The van der Waals surface area contributed by atoms with E-state index < -0.39 is 6.23 Å². The van der Waals surface area contributed by atoms with Crippen LogP contribution in [0, 0.1) is 5.92 Å². The summed E-state index contributed by atoms with van der Waals surface area (Å²) in [5.74, 6) is 1.33. The van der Waals surface area contributed by atoms with Crippen molar-refractivity contribution in [3.63, 3.8) is 0 Å². The molecule has 108 valence electrons. The Morgan fingerprint density at radius 1 is 1.50 bits per heavy atom. The van der Waals surface area contributed by atoms with Crippen molar-refractivity contribution in [2.45, 2.75) is 32.0 Å². The summed E-state index contributed by atoms with van der Waals surface area (Å²) in [7, 11) is 0. The van der Waals surface area contributed by atoms with E-state index in [2.05, 4.69) is 5.32 Å². The van der Waals surface area contributed by atoms with Crippen LogP contribution >= 0.6 is 11.6 Å². The fourth-order valence-corrected chi connectivity index (χ4v) is 2.51. The number of hydrogen-bond acceptors (Lipinski definition) is 4. The third-order valence-electron chi connectivity index (χ3n) is 3.73. The standard InChI is InChI=1S/C15H19ClN2O2/c1-8(17)11-4-10-5-12(16)14(20-7-9-2-3-9)6-13(10)18-15(11)19/h4-6,8-9,15,18-19H,2-3,7,17H2,1H3/t8-,15?/m0/s1. The number of fused-ring (bicyclic) bond motifs is 1. The summed E-state index contributed by atoms with van der Waals surface area (Å²) in [6.07, 6.45) is 3.59. The maximum atomic E-state index is 10.0. The van der Waals surface area contributed by atoms with Crippen LogP contribution in [0.1, 0.15) is 25.3 Å². The Labute approximate surface area is 123 Å². The van der Waals surface area contributed by atoms with Gasteiger partial charge in [0, 0.05) is 17.8 Å². The molecule has 1 aromatic carbocycles. The molecule has 2 atom stereocenters. The molecular formula is C15H19ClN2O2. The molecule has 1 heterocycles. The van der Waals surface area contributed by atoms with Gasteiger partial charge in [-0.2, -0.15) is 0 Å². The number of nitrogens with two attached hydrogens (primary N) is 1. The smallest absolute Gasteiger partial charge is 0.148 e. The van der Waals surface area contributed by atoms with Crippen LogP contribution < -0.4 is 15.8 Å². The minimum Gasteiger partial charge on any atom is -0.492 e. The van der Waals surface area contributed by atoms with Gasteiger partial charge in [0.15, 0.2) is 0 Å². The summed E-state index contributed by atoms with van der Waals surface area (Å²) in [5, 5.41) is 13.7. The van der Waals surface area contributed by atoms with Gasteiger partial charge in [-0.1, -0.05) is 11.6 Å². The van der Waals surface area contributed by atoms with Crippen LogP contribution in [0.5, 0.6) is 5.75 Å². The van der Waals surface area contributed by atoms with E-state index in [4.69, 9.17) is 22.1 Å². The molecule has 4 N–H and O–H groups in total. The molecule has 1 aliphatic carbocycles. The zero-order valence-corrected chi connectivity index (χ0v) is 12.2. The predicted molar refractivity (Wildman–Crippen MR) is 80.9 cm³/mol. The van der Waals surface area contributed by atoms with Gasteiger partial charge >= 0.3 is 0 Å². The third-order valence-corrected chi connectivity index (χ3v) is 4.03. The van der Waals surface area contributed by atoms with Gasteiger partial charge in [0.05, 0.1) is 11.6 Å². The van der Waals surface area contributed by atoms with Crippen molar-refractivity contribution in [2.24, 2.45) is 11.7 Å². The van der Waals surface area contributed by atoms with Crippen LogP contribution in [0.15, 0.2) is 17.7 Å². The first-order valence-corrected chi connectivity index (χ1v) is 7.30. The molecule has 0 aromatic heterocycles. The number of hydrogen-bond donors (Lipinski definition) is 3. The number of ether oxygens (including phenoxy) is 1. The lowest BCUT2D eigenvalue weighted by atomic mass is 9.98. The van der Waals surface area contributed by atoms with Crippen molar-refractivity contribution < 1.29 is 9.84 Å². The predicted octanol–water partition coefficient (Wildman–Crippen LogP) is 2.60. The zero-order chi connectivity index (χ0) is 14.3. The normalized spacial score (nSPS) is 22.6. The topological polar surface area (TPSA) is 67.5 Å².